The summed E-state index contributed by atoms with van der Waals surface area (Å²) in [6.45, 7) is -1.05. The van der Waals surface area contributed by atoms with Crippen molar-refractivity contribution < 1.29 is 44.3 Å². The number of hydrogen-bond acceptors (Lipinski definition) is 1. The van der Waals surface area contributed by atoms with Crippen molar-refractivity contribution in [2.24, 2.45) is 11.8 Å². The number of halogens is 9. The predicted octanol–water partition coefficient (Wildman–Crippen LogP) is 8.89. The van der Waals surface area contributed by atoms with Crippen LogP contribution in [-0.4, -0.2) is 36.7 Å². The SMILES string of the molecule is CCCCCCC[C@H]1CC[C@H](C2=CCC(OC(F)(F)C(F)(F)C(F)(F)C(F)(F)CF)C=C2)CC1. The van der Waals surface area contributed by atoms with Crippen LogP contribution in [0, 0.1) is 11.8 Å². The van der Waals surface area contributed by atoms with Gasteiger partial charge in [0, 0.05) is 0 Å². The summed E-state index contributed by atoms with van der Waals surface area (Å²) in [6.07, 6.45) is 7.23. The second kappa shape index (κ2) is 11.7. The van der Waals surface area contributed by atoms with Gasteiger partial charge in [-0.1, -0.05) is 63.7 Å². The fourth-order valence-electron chi connectivity index (χ4n) is 4.59. The van der Waals surface area contributed by atoms with E-state index >= 15 is 0 Å². The third-order valence-corrected chi connectivity index (χ3v) is 6.81. The molecule has 0 heterocycles. The molecule has 1 unspecified atom stereocenters. The van der Waals surface area contributed by atoms with E-state index in [1.165, 1.54) is 50.7 Å². The first kappa shape index (κ1) is 29.0. The fraction of sp³-hybridized carbons (Fsp3) is 0.833. The van der Waals surface area contributed by atoms with Gasteiger partial charge in [0.15, 0.2) is 6.67 Å². The van der Waals surface area contributed by atoms with Crippen LogP contribution in [0.2, 0.25) is 0 Å². The number of alkyl halides is 9. The van der Waals surface area contributed by atoms with Gasteiger partial charge in [0.2, 0.25) is 0 Å². The summed E-state index contributed by atoms with van der Waals surface area (Å²) < 4.78 is 124. The number of unbranched alkanes of at least 4 members (excludes halogenated alkanes) is 4. The Labute approximate surface area is 194 Å². The Morgan fingerprint density at radius 1 is 0.853 bits per heavy atom. The third-order valence-electron chi connectivity index (χ3n) is 6.81. The summed E-state index contributed by atoms with van der Waals surface area (Å²) in [5.41, 5.74) is 0.839. The number of ether oxygens (including phenoxy) is 1. The zero-order valence-electron chi connectivity index (χ0n) is 19.3. The average Bonchev–Trinajstić information content (AvgIpc) is 2.79. The lowest BCUT2D eigenvalue weighted by atomic mass is 9.76. The maximum Gasteiger partial charge on any atom is 0.426 e. The van der Waals surface area contributed by atoms with E-state index < -0.39 is 36.7 Å². The van der Waals surface area contributed by atoms with Crippen LogP contribution >= 0.6 is 0 Å². The minimum Gasteiger partial charge on any atom is -0.308 e. The fourth-order valence-corrected chi connectivity index (χ4v) is 4.59. The molecule has 2 rings (SSSR count). The molecule has 2 aliphatic carbocycles. The van der Waals surface area contributed by atoms with E-state index in [2.05, 4.69) is 11.7 Å². The van der Waals surface area contributed by atoms with E-state index in [9.17, 15) is 39.5 Å². The molecule has 0 aromatic rings. The van der Waals surface area contributed by atoms with Crippen molar-refractivity contribution >= 4 is 0 Å². The van der Waals surface area contributed by atoms with Gasteiger partial charge in [0.25, 0.3) is 0 Å². The van der Waals surface area contributed by atoms with Crippen molar-refractivity contribution in [3.63, 3.8) is 0 Å². The Bertz CT molecular complexity index is 695. The smallest absolute Gasteiger partial charge is 0.308 e. The van der Waals surface area contributed by atoms with Crippen molar-refractivity contribution in [3.05, 3.63) is 23.8 Å². The molecule has 2 aliphatic rings. The molecule has 0 aromatic carbocycles. The third kappa shape index (κ3) is 6.52. The van der Waals surface area contributed by atoms with Crippen molar-refractivity contribution in [3.8, 4) is 0 Å². The highest BCUT2D eigenvalue weighted by Gasteiger charge is 2.81. The van der Waals surface area contributed by atoms with E-state index in [1.807, 2.05) is 0 Å². The van der Waals surface area contributed by atoms with Gasteiger partial charge >= 0.3 is 23.9 Å². The Morgan fingerprint density at radius 3 is 2.00 bits per heavy atom. The second-order valence-corrected chi connectivity index (χ2v) is 9.38. The van der Waals surface area contributed by atoms with E-state index in [4.69, 9.17) is 0 Å². The zero-order chi connectivity index (χ0) is 25.6. The lowest BCUT2D eigenvalue weighted by Crippen LogP contribution is -2.64. The largest absolute Gasteiger partial charge is 0.426 e. The van der Waals surface area contributed by atoms with Gasteiger partial charge in [0.05, 0.1) is 6.10 Å². The normalized spacial score (nSPS) is 24.9. The van der Waals surface area contributed by atoms with Gasteiger partial charge in [-0.2, -0.15) is 35.1 Å². The first-order valence-corrected chi connectivity index (χ1v) is 11.9. The van der Waals surface area contributed by atoms with Crippen LogP contribution in [0.3, 0.4) is 0 Å². The monoisotopic (exact) mass is 508 g/mol. The molecular formula is C24H33F9O. The van der Waals surface area contributed by atoms with Gasteiger partial charge in [-0.3, -0.25) is 0 Å². The standard InChI is InChI=1S/C24H33F9O/c1-2-3-4-5-6-7-17-8-10-18(11-9-17)19-12-14-20(15-13-19)34-24(32,33)23(30,31)22(28,29)21(26,27)16-25/h12-14,17-18,20H,2-11,15-16H2,1H3/t17-,18-,20?. The van der Waals surface area contributed by atoms with Crippen LogP contribution in [0.1, 0.15) is 77.6 Å². The molecule has 1 nitrogen and oxygen atoms in total. The Kier molecular flexibility index (Phi) is 9.99. The summed E-state index contributed by atoms with van der Waals surface area (Å²) in [4.78, 5) is 0. The van der Waals surface area contributed by atoms with Crippen LogP contribution in [0.25, 0.3) is 0 Å². The quantitative estimate of drug-likeness (QED) is 0.178. The molecule has 10 heteroatoms. The molecule has 198 valence electrons. The maximum absolute atomic E-state index is 13.9. The van der Waals surface area contributed by atoms with Crippen molar-refractivity contribution in [2.75, 3.05) is 6.67 Å². The molecule has 34 heavy (non-hydrogen) atoms. The predicted molar refractivity (Wildman–Crippen MR) is 111 cm³/mol. The molecule has 0 saturated heterocycles. The number of allylic oxidation sites excluding steroid dienone is 2. The van der Waals surface area contributed by atoms with Gasteiger partial charge in [-0.05, 0) is 49.5 Å². The molecule has 0 spiro atoms. The lowest BCUT2D eigenvalue weighted by molar-refractivity contribution is -0.432. The van der Waals surface area contributed by atoms with Crippen LogP contribution < -0.4 is 0 Å². The van der Waals surface area contributed by atoms with Crippen LogP contribution in [0.4, 0.5) is 39.5 Å². The topological polar surface area (TPSA) is 9.23 Å². The van der Waals surface area contributed by atoms with E-state index in [0.29, 0.717) is 5.92 Å². The summed E-state index contributed by atoms with van der Waals surface area (Å²) >= 11 is 0. The van der Waals surface area contributed by atoms with Gasteiger partial charge in [0.1, 0.15) is 0 Å². The van der Waals surface area contributed by atoms with Crippen molar-refractivity contribution in [2.45, 2.75) is 108 Å². The molecule has 1 saturated carbocycles. The highest BCUT2D eigenvalue weighted by Crippen LogP contribution is 2.53. The molecule has 1 fully saturated rings. The minimum atomic E-state index is -6.65. The highest BCUT2D eigenvalue weighted by atomic mass is 19.4. The molecule has 0 aliphatic heterocycles. The summed E-state index contributed by atoms with van der Waals surface area (Å²) in [6, 6.07) is 0. The molecule has 0 bridgehead atoms. The molecular weight excluding hydrogens is 475 g/mol. The molecule has 0 amide bonds. The Balaban J connectivity index is 1.87. The van der Waals surface area contributed by atoms with E-state index in [0.717, 1.165) is 37.3 Å². The molecule has 0 N–H and O–H groups in total. The summed E-state index contributed by atoms with van der Waals surface area (Å²) in [7, 11) is 0. The highest BCUT2D eigenvalue weighted by molar-refractivity contribution is 5.27. The zero-order valence-corrected chi connectivity index (χ0v) is 19.3. The van der Waals surface area contributed by atoms with Gasteiger partial charge in [-0.15, -0.1) is 0 Å². The Morgan fingerprint density at radius 2 is 1.47 bits per heavy atom. The van der Waals surface area contributed by atoms with E-state index in [-0.39, 0.29) is 12.3 Å². The summed E-state index contributed by atoms with van der Waals surface area (Å²) in [5.74, 6) is -18.4. The molecule has 1 atom stereocenters. The van der Waals surface area contributed by atoms with Gasteiger partial charge in [-0.25, -0.2) is 4.39 Å². The van der Waals surface area contributed by atoms with Crippen molar-refractivity contribution in [1.29, 1.82) is 0 Å². The lowest BCUT2D eigenvalue weighted by Gasteiger charge is -2.36. The first-order valence-electron chi connectivity index (χ1n) is 11.9. The van der Waals surface area contributed by atoms with Crippen LogP contribution in [0.15, 0.2) is 23.8 Å². The van der Waals surface area contributed by atoms with Crippen LogP contribution in [-0.2, 0) is 4.74 Å². The van der Waals surface area contributed by atoms with Crippen LogP contribution in [0.5, 0.6) is 0 Å². The second-order valence-electron chi connectivity index (χ2n) is 9.38. The van der Waals surface area contributed by atoms with Gasteiger partial charge < -0.3 is 4.74 Å². The minimum absolute atomic E-state index is 0.183. The first-order chi connectivity index (χ1) is 15.8. The average molecular weight is 509 g/mol. The number of rotatable bonds is 13. The molecule has 0 radical (unpaired) electrons. The number of hydrogen-bond donors (Lipinski definition) is 0. The van der Waals surface area contributed by atoms with Crippen molar-refractivity contribution in [1.82, 2.24) is 0 Å². The summed E-state index contributed by atoms with van der Waals surface area (Å²) in [5, 5.41) is 0. The van der Waals surface area contributed by atoms with E-state index in [1.54, 1.807) is 0 Å². The maximum atomic E-state index is 13.9. The molecule has 0 aromatic heterocycles. The Hall–Kier alpha value is -1.19.